The highest BCUT2D eigenvalue weighted by Gasteiger charge is 2.29. The molecule has 1 aromatic heterocycles. The number of carbonyl (C=O) groups is 2. The summed E-state index contributed by atoms with van der Waals surface area (Å²) in [6.07, 6.45) is 4.82. The van der Waals surface area contributed by atoms with Gasteiger partial charge in [-0.25, -0.2) is 14.6 Å². The summed E-state index contributed by atoms with van der Waals surface area (Å²) in [7, 11) is 0. The largest absolute Gasteiger partial charge is 0.476 e. The molecule has 2 heterocycles. The summed E-state index contributed by atoms with van der Waals surface area (Å²) in [6, 6.07) is -0.259. The Morgan fingerprint density at radius 3 is 2.95 bits per heavy atom. The predicted molar refractivity (Wildman–Crippen MR) is 74.2 cm³/mol. The summed E-state index contributed by atoms with van der Waals surface area (Å²) in [6.45, 7) is 4.05. The average Bonchev–Trinajstić information content (AvgIpc) is 3.06. The van der Waals surface area contributed by atoms with Gasteiger partial charge in [-0.15, -0.1) is 0 Å². The molecule has 21 heavy (non-hydrogen) atoms. The number of imidazole rings is 1. The number of urea groups is 1. The standard InChI is InChI=1S/C13H20N4O4/c1-13(3-2-6-21-13)8-15-12(20)14-4-5-17-7-10(11(18)19)16-9-17/h7,9H,2-6,8H2,1H3,(H,18,19)(H2,14,15,20). The normalized spacial score (nSPS) is 21.2. The molecule has 1 fully saturated rings. The number of hydrogen-bond donors (Lipinski definition) is 3. The van der Waals surface area contributed by atoms with Gasteiger partial charge in [0.1, 0.15) is 0 Å². The van der Waals surface area contributed by atoms with Crippen LogP contribution in [0.5, 0.6) is 0 Å². The van der Waals surface area contributed by atoms with Crippen molar-refractivity contribution in [1.29, 1.82) is 0 Å². The van der Waals surface area contributed by atoms with E-state index in [4.69, 9.17) is 9.84 Å². The molecule has 8 nitrogen and oxygen atoms in total. The molecule has 2 amide bonds. The summed E-state index contributed by atoms with van der Waals surface area (Å²) in [5.74, 6) is -1.07. The SMILES string of the molecule is CC1(CNC(=O)NCCn2cnc(C(=O)O)c2)CCCO1. The molecule has 1 atom stereocenters. The van der Waals surface area contributed by atoms with E-state index in [0.29, 0.717) is 19.6 Å². The lowest BCUT2D eigenvalue weighted by atomic mass is 10.0. The second kappa shape index (κ2) is 6.57. The number of carboxylic acid groups (broad SMARTS) is 1. The van der Waals surface area contributed by atoms with Gasteiger partial charge in [-0.05, 0) is 19.8 Å². The van der Waals surface area contributed by atoms with Gasteiger partial charge in [-0.2, -0.15) is 0 Å². The van der Waals surface area contributed by atoms with Crippen molar-refractivity contribution in [2.24, 2.45) is 0 Å². The number of nitrogens with one attached hydrogen (secondary N) is 2. The van der Waals surface area contributed by atoms with Crippen molar-refractivity contribution in [1.82, 2.24) is 20.2 Å². The molecule has 1 aromatic rings. The Morgan fingerprint density at radius 1 is 1.52 bits per heavy atom. The fourth-order valence-electron chi connectivity index (χ4n) is 2.20. The topological polar surface area (TPSA) is 105 Å². The minimum absolute atomic E-state index is 0.00856. The van der Waals surface area contributed by atoms with Crippen molar-refractivity contribution in [2.45, 2.75) is 31.9 Å². The highest BCUT2D eigenvalue weighted by atomic mass is 16.5. The molecule has 0 bridgehead atoms. The van der Waals surface area contributed by atoms with Gasteiger partial charge < -0.3 is 25.0 Å². The van der Waals surface area contributed by atoms with Crippen LogP contribution in [0.15, 0.2) is 12.5 Å². The smallest absolute Gasteiger partial charge is 0.356 e. The molecule has 1 aliphatic rings. The second-order valence-corrected chi connectivity index (χ2v) is 5.31. The van der Waals surface area contributed by atoms with Crippen molar-refractivity contribution in [3.63, 3.8) is 0 Å². The predicted octanol–water partition coefficient (Wildman–Crippen LogP) is 0.450. The van der Waals surface area contributed by atoms with E-state index in [-0.39, 0.29) is 17.3 Å². The third-order valence-corrected chi connectivity index (χ3v) is 3.43. The Bertz CT molecular complexity index is 508. The van der Waals surface area contributed by atoms with Gasteiger partial charge in [0.2, 0.25) is 0 Å². The Kier molecular flexibility index (Phi) is 4.79. The lowest BCUT2D eigenvalue weighted by molar-refractivity contribution is 0.0229. The van der Waals surface area contributed by atoms with Crippen molar-refractivity contribution in [3.05, 3.63) is 18.2 Å². The maximum Gasteiger partial charge on any atom is 0.356 e. The number of carbonyl (C=O) groups excluding carboxylic acids is 1. The van der Waals surface area contributed by atoms with Crippen LogP contribution in [0.1, 0.15) is 30.3 Å². The van der Waals surface area contributed by atoms with Crippen LogP contribution in [0.3, 0.4) is 0 Å². The van der Waals surface area contributed by atoms with Gasteiger partial charge >= 0.3 is 12.0 Å². The molecule has 0 saturated carbocycles. The van der Waals surface area contributed by atoms with E-state index >= 15 is 0 Å². The summed E-state index contributed by atoms with van der Waals surface area (Å²) in [4.78, 5) is 26.0. The van der Waals surface area contributed by atoms with E-state index in [1.807, 2.05) is 6.92 Å². The maximum absolute atomic E-state index is 11.6. The van der Waals surface area contributed by atoms with Crippen molar-refractivity contribution >= 4 is 12.0 Å². The highest BCUT2D eigenvalue weighted by Crippen LogP contribution is 2.23. The fraction of sp³-hybridized carbons (Fsp3) is 0.615. The van der Waals surface area contributed by atoms with Crippen LogP contribution in [-0.2, 0) is 11.3 Å². The van der Waals surface area contributed by atoms with E-state index in [9.17, 15) is 9.59 Å². The minimum Gasteiger partial charge on any atom is -0.476 e. The van der Waals surface area contributed by atoms with Crippen molar-refractivity contribution < 1.29 is 19.4 Å². The minimum atomic E-state index is -1.07. The first-order valence-corrected chi connectivity index (χ1v) is 6.89. The highest BCUT2D eigenvalue weighted by molar-refractivity contribution is 5.84. The lowest BCUT2D eigenvalue weighted by Crippen LogP contribution is -2.45. The maximum atomic E-state index is 11.6. The van der Waals surface area contributed by atoms with Gasteiger partial charge in [0.15, 0.2) is 5.69 Å². The zero-order valence-corrected chi connectivity index (χ0v) is 12.0. The van der Waals surface area contributed by atoms with Crippen LogP contribution in [0.25, 0.3) is 0 Å². The molecule has 1 saturated heterocycles. The van der Waals surface area contributed by atoms with Crippen LogP contribution in [0, 0.1) is 0 Å². The van der Waals surface area contributed by atoms with Crippen molar-refractivity contribution in [2.75, 3.05) is 19.7 Å². The number of hydrogen-bond acceptors (Lipinski definition) is 4. The molecule has 0 spiro atoms. The molecular formula is C13H20N4O4. The van der Waals surface area contributed by atoms with Crippen LogP contribution >= 0.6 is 0 Å². The summed E-state index contributed by atoms with van der Waals surface area (Å²) < 4.78 is 7.20. The molecule has 3 N–H and O–H groups in total. The third kappa shape index (κ3) is 4.45. The third-order valence-electron chi connectivity index (χ3n) is 3.43. The zero-order valence-electron chi connectivity index (χ0n) is 12.0. The van der Waals surface area contributed by atoms with Gasteiger partial charge in [0, 0.05) is 32.4 Å². The Hall–Kier alpha value is -2.09. The number of aromatic nitrogens is 2. The van der Waals surface area contributed by atoms with Crippen LogP contribution in [0.4, 0.5) is 4.79 Å². The van der Waals surface area contributed by atoms with Gasteiger partial charge in [-0.3, -0.25) is 0 Å². The molecule has 2 rings (SSSR count). The van der Waals surface area contributed by atoms with E-state index in [1.54, 1.807) is 4.57 Å². The molecule has 1 unspecified atom stereocenters. The van der Waals surface area contributed by atoms with Crippen LogP contribution in [-0.4, -0.2) is 52.0 Å². The second-order valence-electron chi connectivity index (χ2n) is 5.31. The fourth-order valence-corrected chi connectivity index (χ4v) is 2.20. The molecule has 0 aliphatic carbocycles. The Morgan fingerprint density at radius 2 is 2.33 bits per heavy atom. The van der Waals surface area contributed by atoms with E-state index < -0.39 is 5.97 Å². The molecule has 8 heteroatoms. The quantitative estimate of drug-likeness (QED) is 0.707. The molecular weight excluding hydrogens is 276 g/mol. The first kappa shape index (κ1) is 15.3. The first-order valence-electron chi connectivity index (χ1n) is 6.89. The number of carboxylic acids is 1. The monoisotopic (exact) mass is 296 g/mol. The van der Waals surface area contributed by atoms with Gasteiger partial charge in [-0.1, -0.05) is 0 Å². The van der Waals surface area contributed by atoms with Gasteiger partial charge in [0.25, 0.3) is 0 Å². The van der Waals surface area contributed by atoms with E-state index in [1.165, 1.54) is 12.5 Å². The molecule has 0 radical (unpaired) electrons. The average molecular weight is 296 g/mol. The summed E-state index contributed by atoms with van der Waals surface area (Å²) in [5, 5.41) is 14.2. The number of nitrogens with zero attached hydrogens (tertiary/aromatic N) is 2. The number of amides is 2. The van der Waals surface area contributed by atoms with E-state index in [0.717, 1.165) is 19.4 Å². The number of rotatable bonds is 6. The van der Waals surface area contributed by atoms with E-state index in [2.05, 4.69) is 15.6 Å². The molecule has 116 valence electrons. The summed E-state index contributed by atoms with van der Waals surface area (Å²) >= 11 is 0. The van der Waals surface area contributed by atoms with Crippen molar-refractivity contribution in [3.8, 4) is 0 Å². The van der Waals surface area contributed by atoms with Gasteiger partial charge in [0.05, 0.1) is 11.9 Å². The van der Waals surface area contributed by atoms with Crippen LogP contribution in [0.2, 0.25) is 0 Å². The number of ether oxygens (including phenoxy) is 1. The van der Waals surface area contributed by atoms with Crippen LogP contribution < -0.4 is 10.6 Å². The molecule has 1 aliphatic heterocycles. The Balaban J connectivity index is 1.65. The molecule has 0 aromatic carbocycles. The first-order chi connectivity index (χ1) is 9.98. The zero-order chi connectivity index (χ0) is 15.3. The Labute approximate surface area is 122 Å². The number of aromatic carboxylic acids is 1. The summed E-state index contributed by atoms with van der Waals surface area (Å²) in [5.41, 5.74) is -0.274. The lowest BCUT2D eigenvalue weighted by Gasteiger charge is -2.23.